The number of hydrogen-bond acceptors (Lipinski definition) is 3. The predicted octanol–water partition coefficient (Wildman–Crippen LogP) is 3.31. The monoisotopic (exact) mass is 549 g/mol. The van der Waals surface area contributed by atoms with E-state index in [9.17, 15) is 4.79 Å². The number of piperidine rings is 1. The van der Waals surface area contributed by atoms with Gasteiger partial charge in [0.25, 0.3) is 0 Å². The molecule has 0 radical (unpaired) electrons. The van der Waals surface area contributed by atoms with Crippen LogP contribution in [0.2, 0.25) is 0 Å². The van der Waals surface area contributed by atoms with Crippen LogP contribution in [0.1, 0.15) is 36.0 Å². The number of nitrogens with zero attached hydrogens (tertiary/aromatic N) is 2. The molecule has 1 aliphatic heterocycles. The fourth-order valence-corrected chi connectivity index (χ4v) is 3.76. The third-order valence-corrected chi connectivity index (χ3v) is 5.56. The zero-order valence-corrected chi connectivity index (χ0v) is 21.3. The van der Waals surface area contributed by atoms with Crippen molar-refractivity contribution < 1.29 is 4.79 Å². The van der Waals surface area contributed by atoms with Crippen LogP contribution < -0.4 is 16.0 Å². The lowest BCUT2D eigenvalue weighted by atomic mass is 10.1. The van der Waals surface area contributed by atoms with Gasteiger partial charge in [-0.2, -0.15) is 0 Å². The number of amides is 1. The molecule has 1 saturated heterocycles. The maximum Gasteiger partial charge on any atom is 0.239 e. The minimum atomic E-state index is -0.0408. The molecular formula is C25H36IN5O. The number of guanidine groups is 1. The van der Waals surface area contributed by atoms with E-state index in [1.54, 1.807) is 7.05 Å². The van der Waals surface area contributed by atoms with E-state index in [1.807, 2.05) is 18.2 Å². The molecule has 7 heteroatoms. The summed E-state index contributed by atoms with van der Waals surface area (Å²) in [6, 6.07) is 18.9. The number of carbonyl (C=O) groups is 1. The second kappa shape index (κ2) is 14.8. The van der Waals surface area contributed by atoms with E-state index in [0.29, 0.717) is 19.0 Å². The lowest BCUT2D eigenvalue weighted by Gasteiger charge is -2.26. The number of hydrogen-bond donors (Lipinski definition) is 3. The van der Waals surface area contributed by atoms with Gasteiger partial charge in [0.15, 0.2) is 5.96 Å². The van der Waals surface area contributed by atoms with E-state index in [4.69, 9.17) is 0 Å². The van der Waals surface area contributed by atoms with E-state index in [1.165, 1.54) is 49.0 Å². The SMILES string of the molecule is CN=C(NCC(=O)NCCc1ccccc1)NCc1ccc(CN2CCCCC2)cc1.I. The van der Waals surface area contributed by atoms with Gasteiger partial charge in [0.2, 0.25) is 5.91 Å². The van der Waals surface area contributed by atoms with E-state index in [0.717, 1.165) is 13.0 Å². The van der Waals surface area contributed by atoms with Crippen LogP contribution in [0, 0.1) is 0 Å². The molecule has 0 aliphatic carbocycles. The molecule has 1 amide bonds. The molecule has 2 aromatic carbocycles. The summed E-state index contributed by atoms with van der Waals surface area (Å²) in [5.41, 5.74) is 3.77. The molecule has 0 aromatic heterocycles. The highest BCUT2D eigenvalue weighted by atomic mass is 127. The van der Waals surface area contributed by atoms with Crippen LogP contribution in [0.5, 0.6) is 0 Å². The van der Waals surface area contributed by atoms with Crippen LogP contribution in [0.25, 0.3) is 0 Å². The van der Waals surface area contributed by atoms with E-state index in [2.05, 4.69) is 62.2 Å². The summed E-state index contributed by atoms with van der Waals surface area (Å²) in [6.45, 7) is 4.95. The zero-order chi connectivity index (χ0) is 21.7. The molecular weight excluding hydrogens is 513 g/mol. The molecule has 0 bridgehead atoms. The first-order chi connectivity index (χ1) is 15.2. The highest BCUT2D eigenvalue weighted by Crippen LogP contribution is 2.13. The molecule has 0 spiro atoms. The van der Waals surface area contributed by atoms with E-state index in [-0.39, 0.29) is 36.4 Å². The number of halogens is 1. The van der Waals surface area contributed by atoms with Gasteiger partial charge in [0.05, 0.1) is 6.54 Å². The van der Waals surface area contributed by atoms with Gasteiger partial charge in [-0.05, 0) is 49.0 Å². The largest absolute Gasteiger partial charge is 0.354 e. The lowest BCUT2D eigenvalue weighted by Crippen LogP contribution is -2.43. The number of carbonyl (C=O) groups excluding carboxylic acids is 1. The van der Waals surface area contributed by atoms with Crippen LogP contribution in [0.15, 0.2) is 59.6 Å². The summed E-state index contributed by atoms with van der Waals surface area (Å²) in [4.78, 5) is 18.8. The Morgan fingerprint density at radius 3 is 2.25 bits per heavy atom. The summed E-state index contributed by atoms with van der Waals surface area (Å²) in [6.07, 6.45) is 4.83. The highest BCUT2D eigenvalue weighted by Gasteiger charge is 2.10. The van der Waals surface area contributed by atoms with Crippen LogP contribution in [-0.4, -0.2) is 50.0 Å². The van der Waals surface area contributed by atoms with Crippen molar-refractivity contribution in [1.82, 2.24) is 20.9 Å². The topological polar surface area (TPSA) is 68.8 Å². The molecule has 1 aliphatic rings. The van der Waals surface area contributed by atoms with E-state index < -0.39 is 0 Å². The molecule has 0 saturated carbocycles. The quantitative estimate of drug-likeness (QED) is 0.255. The Labute approximate surface area is 209 Å². The van der Waals surface area contributed by atoms with Gasteiger partial charge in [-0.3, -0.25) is 14.7 Å². The summed E-state index contributed by atoms with van der Waals surface area (Å²) in [7, 11) is 1.71. The molecule has 6 nitrogen and oxygen atoms in total. The summed E-state index contributed by atoms with van der Waals surface area (Å²) in [5.74, 6) is 0.580. The van der Waals surface area contributed by atoms with Crippen LogP contribution in [0.3, 0.4) is 0 Å². The first kappa shape index (κ1) is 26.1. The molecule has 3 N–H and O–H groups in total. The Morgan fingerprint density at radius 2 is 1.56 bits per heavy atom. The smallest absolute Gasteiger partial charge is 0.239 e. The van der Waals surface area contributed by atoms with Gasteiger partial charge in [0, 0.05) is 26.7 Å². The van der Waals surface area contributed by atoms with Crippen molar-refractivity contribution in [3.63, 3.8) is 0 Å². The van der Waals surface area contributed by atoms with Crippen LogP contribution in [-0.2, 0) is 24.3 Å². The van der Waals surface area contributed by atoms with Gasteiger partial charge in [0.1, 0.15) is 0 Å². The Hall–Kier alpha value is -2.13. The van der Waals surface area contributed by atoms with Gasteiger partial charge in [-0.15, -0.1) is 24.0 Å². The molecule has 3 rings (SSSR count). The van der Waals surface area contributed by atoms with Crippen molar-refractivity contribution in [3.05, 3.63) is 71.3 Å². The molecule has 1 fully saturated rings. The molecule has 2 aromatic rings. The third kappa shape index (κ3) is 9.56. The highest BCUT2D eigenvalue weighted by molar-refractivity contribution is 14.0. The lowest BCUT2D eigenvalue weighted by molar-refractivity contribution is -0.119. The fraction of sp³-hybridized carbons (Fsp3) is 0.440. The predicted molar refractivity (Wildman–Crippen MR) is 142 cm³/mol. The molecule has 174 valence electrons. The maximum absolute atomic E-state index is 12.1. The molecule has 1 heterocycles. The standard InChI is InChI=1S/C25H35N5O.HI/c1-26-25(29-19-24(31)27-15-14-21-8-4-2-5-9-21)28-18-22-10-12-23(13-11-22)20-30-16-6-3-7-17-30;/h2,4-5,8-13H,3,6-7,14-20H2,1H3,(H,27,31)(H2,26,28,29);1H. The third-order valence-electron chi connectivity index (χ3n) is 5.56. The summed E-state index contributed by atoms with van der Waals surface area (Å²) >= 11 is 0. The second-order valence-electron chi connectivity index (χ2n) is 8.02. The normalized spacial score (nSPS) is 14.3. The Morgan fingerprint density at radius 1 is 0.875 bits per heavy atom. The average molecular weight is 550 g/mol. The van der Waals surface area contributed by atoms with Crippen molar-refractivity contribution in [3.8, 4) is 0 Å². The Kier molecular flexibility index (Phi) is 12.1. The molecule has 0 atom stereocenters. The van der Waals surface area contributed by atoms with Crippen molar-refractivity contribution in [2.45, 2.75) is 38.8 Å². The number of nitrogens with one attached hydrogen (secondary N) is 3. The number of likely N-dealkylation sites (tertiary alicyclic amines) is 1. The maximum atomic E-state index is 12.1. The summed E-state index contributed by atoms with van der Waals surface area (Å²) in [5, 5.41) is 9.28. The Balaban J connectivity index is 0.00000363. The van der Waals surface area contributed by atoms with Crippen molar-refractivity contribution in [2.75, 3.05) is 33.2 Å². The first-order valence-corrected chi connectivity index (χ1v) is 11.3. The fourth-order valence-electron chi connectivity index (χ4n) is 3.76. The zero-order valence-electron chi connectivity index (χ0n) is 19.0. The van der Waals surface area contributed by atoms with Gasteiger partial charge < -0.3 is 16.0 Å². The average Bonchev–Trinajstić information content (AvgIpc) is 2.81. The van der Waals surface area contributed by atoms with Crippen molar-refractivity contribution in [2.24, 2.45) is 4.99 Å². The van der Waals surface area contributed by atoms with Gasteiger partial charge in [-0.1, -0.05) is 61.0 Å². The Bertz CT molecular complexity index is 820. The number of aliphatic imine (C=N–C) groups is 1. The minimum Gasteiger partial charge on any atom is -0.354 e. The number of benzene rings is 2. The van der Waals surface area contributed by atoms with Crippen molar-refractivity contribution in [1.29, 1.82) is 0 Å². The first-order valence-electron chi connectivity index (χ1n) is 11.3. The van der Waals surface area contributed by atoms with Crippen LogP contribution in [0.4, 0.5) is 0 Å². The van der Waals surface area contributed by atoms with Crippen molar-refractivity contribution >= 4 is 35.8 Å². The molecule has 0 unspecified atom stereocenters. The molecule has 32 heavy (non-hydrogen) atoms. The van der Waals surface area contributed by atoms with Gasteiger partial charge in [-0.25, -0.2) is 0 Å². The van der Waals surface area contributed by atoms with Crippen LogP contribution >= 0.6 is 24.0 Å². The van der Waals surface area contributed by atoms with E-state index >= 15 is 0 Å². The number of rotatable bonds is 9. The summed E-state index contributed by atoms with van der Waals surface area (Å²) < 4.78 is 0. The van der Waals surface area contributed by atoms with Gasteiger partial charge >= 0.3 is 0 Å². The second-order valence-corrected chi connectivity index (χ2v) is 8.02. The minimum absolute atomic E-state index is 0.